The van der Waals surface area contributed by atoms with Gasteiger partial charge in [0.2, 0.25) is 0 Å². The number of aryl methyl sites for hydroxylation is 1. The second-order valence-electron chi connectivity index (χ2n) is 4.44. The van der Waals surface area contributed by atoms with Gasteiger partial charge in [0.25, 0.3) is 0 Å². The van der Waals surface area contributed by atoms with E-state index in [4.69, 9.17) is 0 Å². The fraction of sp³-hybridized carbons (Fsp3) is 0.417. The molecule has 1 aromatic rings. The Morgan fingerprint density at radius 3 is 2.50 bits per heavy atom. The molecule has 0 atom stereocenters. The van der Waals surface area contributed by atoms with E-state index < -0.39 is 0 Å². The lowest BCUT2D eigenvalue weighted by molar-refractivity contribution is 0.470. The predicted molar refractivity (Wildman–Crippen MR) is 60.2 cm³/mol. The number of nitrogens with zero attached hydrogens (tertiary/aromatic N) is 1. The van der Waals surface area contributed by atoms with Crippen molar-refractivity contribution in [1.82, 2.24) is 0 Å². The first-order chi connectivity index (χ1) is 6.40. The van der Waals surface area contributed by atoms with E-state index in [0.29, 0.717) is 5.75 Å². The van der Waals surface area contributed by atoms with Gasteiger partial charge in [0.1, 0.15) is 5.75 Å². The summed E-state index contributed by atoms with van der Waals surface area (Å²) in [6.45, 7) is 7.95. The zero-order chi connectivity index (χ0) is 10.8. The van der Waals surface area contributed by atoms with Gasteiger partial charge in [-0.1, -0.05) is 12.1 Å². The molecular formula is C12H17NO. The van der Waals surface area contributed by atoms with Gasteiger partial charge < -0.3 is 5.11 Å². The maximum Gasteiger partial charge on any atom is 0.127 e. The molecule has 0 aliphatic rings. The van der Waals surface area contributed by atoms with E-state index in [1.165, 1.54) is 0 Å². The van der Waals surface area contributed by atoms with Crippen LogP contribution >= 0.6 is 0 Å². The van der Waals surface area contributed by atoms with E-state index in [9.17, 15) is 5.11 Å². The predicted octanol–water partition coefficient (Wildman–Crippen LogP) is 2.92. The van der Waals surface area contributed by atoms with Crippen molar-refractivity contribution in [2.24, 2.45) is 4.99 Å². The smallest absolute Gasteiger partial charge is 0.127 e. The Morgan fingerprint density at radius 1 is 1.29 bits per heavy atom. The molecule has 14 heavy (non-hydrogen) atoms. The van der Waals surface area contributed by atoms with Crippen LogP contribution in [0.5, 0.6) is 5.75 Å². The number of benzene rings is 1. The van der Waals surface area contributed by atoms with Gasteiger partial charge in [-0.05, 0) is 39.3 Å². The maximum absolute atomic E-state index is 9.70. The SMILES string of the molecule is Cc1cccc(C=NC(C)(C)C)c1O. The highest BCUT2D eigenvalue weighted by Gasteiger charge is 2.06. The van der Waals surface area contributed by atoms with Gasteiger partial charge in [-0.25, -0.2) is 0 Å². The number of phenols is 1. The van der Waals surface area contributed by atoms with Crippen LogP contribution in [-0.2, 0) is 0 Å². The number of hydrogen-bond donors (Lipinski definition) is 1. The largest absolute Gasteiger partial charge is 0.507 e. The van der Waals surface area contributed by atoms with Crippen LogP contribution in [0.1, 0.15) is 31.9 Å². The van der Waals surface area contributed by atoms with Gasteiger partial charge in [-0.15, -0.1) is 0 Å². The zero-order valence-electron chi connectivity index (χ0n) is 9.20. The third-order valence-electron chi connectivity index (χ3n) is 1.86. The van der Waals surface area contributed by atoms with Gasteiger partial charge in [-0.3, -0.25) is 4.99 Å². The summed E-state index contributed by atoms with van der Waals surface area (Å²) in [5, 5.41) is 9.70. The van der Waals surface area contributed by atoms with Gasteiger partial charge in [0.15, 0.2) is 0 Å². The highest BCUT2D eigenvalue weighted by Crippen LogP contribution is 2.20. The van der Waals surface area contributed by atoms with Crippen LogP contribution in [0.2, 0.25) is 0 Å². The van der Waals surface area contributed by atoms with Crippen LogP contribution in [0.15, 0.2) is 23.2 Å². The second-order valence-corrected chi connectivity index (χ2v) is 4.44. The molecule has 1 rings (SSSR count). The van der Waals surface area contributed by atoms with Crippen LogP contribution in [0.25, 0.3) is 0 Å². The summed E-state index contributed by atoms with van der Waals surface area (Å²) in [5.74, 6) is 0.320. The van der Waals surface area contributed by atoms with Crippen molar-refractivity contribution in [3.63, 3.8) is 0 Å². The summed E-state index contributed by atoms with van der Waals surface area (Å²) >= 11 is 0. The highest BCUT2D eigenvalue weighted by atomic mass is 16.3. The molecule has 0 spiro atoms. The van der Waals surface area contributed by atoms with Crippen LogP contribution in [-0.4, -0.2) is 16.9 Å². The number of hydrogen-bond acceptors (Lipinski definition) is 2. The fourth-order valence-electron chi connectivity index (χ4n) is 1.05. The Hall–Kier alpha value is -1.31. The minimum atomic E-state index is -0.101. The van der Waals surface area contributed by atoms with E-state index in [1.54, 1.807) is 6.21 Å². The average molecular weight is 191 g/mol. The first-order valence-corrected chi connectivity index (χ1v) is 4.74. The molecule has 1 aromatic carbocycles. The van der Waals surface area contributed by atoms with E-state index in [2.05, 4.69) is 4.99 Å². The molecule has 0 aromatic heterocycles. The molecule has 2 nitrogen and oxygen atoms in total. The number of rotatable bonds is 1. The monoisotopic (exact) mass is 191 g/mol. The number of aliphatic imine (C=N–C) groups is 1. The lowest BCUT2D eigenvalue weighted by Gasteiger charge is -2.11. The molecule has 0 saturated carbocycles. The first kappa shape index (κ1) is 10.8. The zero-order valence-corrected chi connectivity index (χ0v) is 9.20. The van der Waals surface area contributed by atoms with Crippen molar-refractivity contribution in [3.05, 3.63) is 29.3 Å². The lowest BCUT2D eigenvalue weighted by atomic mass is 10.1. The van der Waals surface area contributed by atoms with Crippen LogP contribution in [0, 0.1) is 6.92 Å². The maximum atomic E-state index is 9.70. The van der Waals surface area contributed by atoms with Crippen molar-refractivity contribution in [3.8, 4) is 5.75 Å². The molecule has 0 bridgehead atoms. The molecule has 0 heterocycles. The summed E-state index contributed by atoms with van der Waals surface area (Å²) < 4.78 is 0. The van der Waals surface area contributed by atoms with Crippen LogP contribution in [0.4, 0.5) is 0 Å². The Morgan fingerprint density at radius 2 is 1.93 bits per heavy atom. The van der Waals surface area contributed by atoms with Crippen molar-refractivity contribution >= 4 is 6.21 Å². The van der Waals surface area contributed by atoms with Gasteiger partial charge in [0, 0.05) is 11.8 Å². The Balaban J connectivity index is 2.98. The van der Waals surface area contributed by atoms with E-state index in [0.717, 1.165) is 11.1 Å². The third-order valence-corrected chi connectivity index (χ3v) is 1.86. The normalized spacial score (nSPS) is 12.3. The third kappa shape index (κ3) is 2.87. The Kier molecular flexibility index (Phi) is 2.94. The second kappa shape index (κ2) is 3.82. The van der Waals surface area contributed by atoms with Crippen molar-refractivity contribution in [1.29, 1.82) is 0 Å². The summed E-state index contributed by atoms with van der Waals surface area (Å²) in [6.07, 6.45) is 1.72. The molecule has 0 amide bonds. The van der Waals surface area contributed by atoms with Crippen molar-refractivity contribution in [2.75, 3.05) is 0 Å². The van der Waals surface area contributed by atoms with Crippen molar-refractivity contribution in [2.45, 2.75) is 33.2 Å². The molecule has 0 saturated heterocycles. The molecule has 1 N–H and O–H groups in total. The Labute approximate surface area is 85.3 Å². The number of para-hydroxylation sites is 1. The van der Waals surface area contributed by atoms with Crippen molar-refractivity contribution < 1.29 is 5.11 Å². The van der Waals surface area contributed by atoms with Gasteiger partial charge in [-0.2, -0.15) is 0 Å². The average Bonchev–Trinajstić information content (AvgIpc) is 2.06. The number of phenolic OH excluding ortho intramolecular Hbond substituents is 1. The summed E-state index contributed by atoms with van der Waals surface area (Å²) in [4.78, 5) is 4.34. The topological polar surface area (TPSA) is 32.6 Å². The molecule has 0 radical (unpaired) electrons. The van der Waals surface area contributed by atoms with E-state index >= 15 is 0 Å². The highest BCUT2D eigenvalue weighted by molar-refractivity contribution is 5.84. The molecular weight excluding hydrogens is 174 g/mol. The fourth-order valence-corrected chi connectivity index (χ4v) is 1.05. The molecule has 0 aliphatic heterocycles. The molecule has 76 valence electrons. The molecule has 0 aliphatic carbocycles. The Bertz CT molecular complexity index is 348. The number of aromatic hydroxyl groups is 1. The summed E-state index contributed by atoms with van der Waals surface area (Å²) in [7, 11) is 0. The summed E-state index contributed by atoms with van der Waals surface area (Å²) in [5.41, 5.74) is 1.55. The quantitative estimate of drug-likeness (QED) is 0.680. The van der Waals surface area contributed by atoms with E-state index in [1.807, 2.05) is 45.9 Å². The van der Waals surface area contributed by atoms with Crippen LogP contribution in [0.3, 0.4) is 0 Å². The molecule has 2 heteroatoms. The minimum Gasteiger partial charge on any atom is -0.507 e. The standard InChI is InChI=1S/C12H17NO/c1-9-6-5-7-10(11(9)14)8-13-12(2,3)4/h5-8,14H,1-4H3. The first-order valence-electron chi connectivity index (χ1n) is 4.74. The molecule has 0 unspecified atom stereocenters. The van der Waals surface area contributed by atoms with Gasteiger partial charge in [0.05, 0.1) is 5.54 Å². The van der Waals surface area contributed by atoms with E-state index in [-0.39, 0.29) is 5.54 Å². The lowest BCUT2D eigenvalue weighted by Crippen LogP contribution is -2.09. The summed E-state index contributed by atoms with van der Waals surface area (Å²) in [6, 6.07) is 5.65. The van der Waals surface area contributed by atoms with Crippen LogP contribution < -0.4 is 0 Å². The van der Waals surface area contributed by atoms with Gasteiger partial charge >= 0.3 is 0 Å². The minimum absolute atomic E-state index is 0.101. The molecule has 0 fully saturated rings.